The molecule has 6 rings (SSSR count). The van der Waals surface area contributed by atoms with Crippen molar-refractivity contribution in [1.82, 2.24) is 4.90 Å². The van der Waals surface area contributed by atoms with Crippen molar-refractivity contribution >= 4 is 29.3 Å². The van der Waals surface area contributed by atoms with Gasteiger partial charge in [-0.05, 0) is 85.6 Å². The van der Waals surface area contributed by atoms with E-state index in [1.165, 1.54) is 36.3 Å². The Labute approximate surface area is 372 Å². The molecule has 0 aromatic heterocycles. The van der Waals surface area contributed by atoms with Gasteiger partial charge < -0.3 is 43.8 Å². The van der Waals surface area contributed by atoms with Crippen molar-refractivity contribution in [2.75, 3.05) is 65.7 Å². The SMILES string of the molecule is C=CCO[C@@]12Oc3ccc(OCCSc4ccccc4)cc3[C@H]3[C@H](CCCCO)[C@@H](CCCCO)C=C(C(=NOC)C[C@@H]1N(CCOCCO)C(=O)Oc1ccc([N+](=O)[O-])cc1)[C@H]32. The summed E-state index contributed by atoms with van der Waals surface area (Å²) in [5.74, 6) is -0.303. The average molecular weight is 890 g/mol. The number of aliphatic hydroxyl groups excluding tert-OH is 3. The second-order valence-electron chi connectivity index (χ2n) is 15.6. The highest BCUT2D eigenvalue weighted by Gasteiger charge is 2.65. The molecule has 0 saturated heterocycles. The zero-order valence-corrected chi connectivity index (χ0v) is 36.6. The fourth-order valence-corrected chi connectivity index (χ4v) is 9.94. The summed E-state index contributed by atoms with van der Waals surface area (Å²) in [5.41, 5.74) is 2.22. The van der Waals surface area contributed by atoms with Gasteiger partial charge in [-0.3, -0.25) is 15.0 Å². The van der Waals surface area contributed by atoms with E-state index in [1.54, 1.807) is 17.8 Å². The lowest BCUT2D eigenvalue weighted by molar-refractivity contribution is -0.384. The van der Waals surface area contributed by atoms with E-state index in [0.717, 1.165) is 47.5 Å². The molecule has 1 saturated carbocycles. The molecule has 3 N–H and O–H groups in total. The number of thioether (sulfide) groups is 1. The highest BCUT2D eigenvalue weighted by molar-refractivity contribution is 7.99. The highest BCUT2D eigenvalue weighted by atomic mass is 32.2. The highest BCUT2D eigenvalue weighted by Crippen LogP contribution is 2.62. The predicted molar refractivity (Wildman–Crippen MR) is 238 cm³/mol. The number of nitro benzene ring substituents is 1. The Morgan fingerprint density at radius 3 is 2.43 bits per heavy atom. The van der Waals surface area contributed by atoms with E-state index >= 15 is 0 Å². The summed E-state index contributed by atoms with van der Waals surface area (Å²) < 4.78 is 32.3. The first-order chi connectivity index (χ1) is 30.8. The van der Waals surface area contributed by atoms with Crippen LogP contribution in [0.15, 0.2) is 107 Å². The van der Waals surface area contributed by atoms with Gasteiger partial charge in [-0.1, -0.05) is 48.3 Å². The largest absolute Gasteiger partial charge is 0.493 e. The molecule has 3 aromatic carbocycles. The van der Waals surface area contributed by atoms with E-state index in [4.69, 9.17) is 28.5 Å². The van der Waals surface area contributed by atoms with Crippen molar-refractivity contribution in [2.45, 2.75) is 67.6 Å². The molecule has 0 bridgehead atoms. The number of allylic oxidation sites excluding steroid dienone is 1. The molecule has 63 heavy (non-hydrogen) atoms. The van der Waals surface area contributed by atoms with Crippen molar-refractivity contribution < 1.29 is 53.6 Å². The summed E-state index contributed by atoms with van der Waals surface area (Å²) in [6, 6.07) is 20.3. The van der Waals surface area contributed by atoms with Crippen LogP contribution in [0.2, 0.25) is 0 Å². The number of aliphatic hydroxyl groups is 3. The van der Waals surface area contributed by atoms with Gasteiger partial charge in [0, 0.05) is 60.4 Å². The zero-order valence-electron chi connectivity index (χ0n) is 35.8. The minimum Gasteiger partial charge on any atom is -0.493 e. The average Bonchev–Trinajstić information content (AvgIpc) is 3.29. The van der Waals surface area contributed by atoms with Gasteiger partial charge in [0.15, 0.2) is 0 Å². The predicted octanol–water partition coefficient (Wildman–Crippen LogP) is 7.54. The van der Waals surface area contributed by atoms with E-state index in [1.807, 2.05) is 30.3 Å². The molecule has 340 valence electrons. The van der Waals surface area contributed by atoms with Gasteiger partial charge in [0.1, 0.15) is 30.4 Å². The minimum absolute atomic E-state index is 0.00169. The van der Waals surface area contributed by atoms with Crippen LogP contribution in [0.1, 0.15) is 56.4 Å². The van der Waals surface area contributed by atoms with Gasteiger partial charge in [-0.25, -0.2) is 4.79 Å². The summed E-state index contributed by atoms with van der Waals surface area (Å²) >= 11 is 1.71. The van der Waals surface area contributed by atoms with Gasteiger partial charge in [0.25, 0.3) is 5.69 Å². The number of carbonyl (C=O) groups excluding carboxylic acids is 1. The van der Waals surface area contributed by atoms with Crippen molar-refractivity contribution in [3.8, 4) is 17.2 Å². The summed E-state index contributed by atoms with van der Waals surface area (Å²) in [4.78, 5) is 33.7. The van der Waals surface area contributed by atoms with Crippen molar-refractivity contribution in [3.05, 3.63) is 113 Å². The minimum atomic E-state index is -1.56. The molecule has 1 heterocycles. The van der Waals surface area contributed by atoms with E-state index in [9.17, 15) is 30.2 Å². The van der Waals surface area contributed by atoms with Crippen LogP contribution in [0, 0.1) is 27.9 Å². The Morgan fingerprint density at radius 1 is 0.984 bits per heavy atom. The molecule has 3 aliphatic rings. The summed E-state index contributed by atoms with van der Waals surface area (Å²) in [6.45, 7) is 4.45. The number of benzene rings is 3. The van der Waals surface area contributed by atoms with Crippen LogP contribution in [-0.2, 0) is 14.3 Å². The molecule has 0 spiro atoms. The number of fused-ring (bicyclic) bond motifs is 2. The Bertz CT molecular complexity index is 2020. The summed E-state index contributed by atoms with van der Waals surface area (Å²) in [6.07, 6.45) is 7.57. The standard InChI is InChI=1S/C47H59N3O12S/c1-3-25-60-47-43(49(21-26-58-27-24-53)46(54)61-35-17-15-34(16-18-35)50(55)56)32-41(48-57-2)39-30-33(11-7-9-22-51)38(14-8-10-23-52)44(45(39)47)40-31-36(19-20-42(40)62-47)59-28-29-63-37-12-5-4-6-13-37/h3-6,12-13,15-20,30-31,33,38,43-45,51-53H,1,7-11,14,21-29,32H2,2H3/t33-,38+,43-,44+,45+,47+/m0/s1. The molecule has 6 atom stereocenters. The molecule has 0 unspecified atom stereocenters. The van der Waals surface area contributed by atoms with Gasteiger partial charge in [-0.15, -0.1) is 18.3 Å². The normalized spacial score (nSPS) is 22.8. The number of nitrogens with zero attached hydrogens (tertiary/aromatic N) is 3. The van der Waals surface area contributed by atoms with E-state index < -0.39 is 28.8 Å². The number of non-ortho nitro benzene ring substituents is 1. The van der Waals surface area contributed by atoms with Crippen LogP contribution in [0.5, 0.6) is 17.2 Å². The number of hydrogen-bond acceptors (Lipinski definition) is 14. The summed E-state index contributed by atoms with van der Waals surface area (Å²) in [7, 11) is 1.48. The van der Waals surface area contributed by atoms with Crippen LogP contribution >= 0.6 is 11.8 Å². The second-order valence-corrected chi connectivity index (χ2v) is 16.8. The maximum Gasteiger partial charge on any atom is 0.415 e. The third kappa shape index (κ3) is 11.6. The molecule has 1 fully saturated rings. The fourth-order valence-electron chi connectivity index (χ4n) is 9.18. The van der Waals surface area contributed by atoms with Crippen LogP contribution in [-0.4, -0.2) is 114 Å². The first-order valence-electron chi connectivity index (χ1n) is 21.6. The third-order valence-corrected chi connectivity index (χ3v) is 12.8. The molecule has 0 radical (unpaired) electrons. The first-order valence-corrected chi connectivity index (χ1v) is 22.6. The number of oxime groups is 1. The molecule has 2 aliphatic carbocycles. The number of nitro groups is 1. The Morgan fingerprint density at radius 2 is 1.73 bits per heavy atom. The smallest absolute Gasteiger partial charge is 0.415 e. The molecule has 16 heteroatoms. The Hall–Kier alpha value is -4.97. The van der Waals surface area contributed by atoms with Crippen molar-refractivity contribution in [1.29, 1.82) is 0 Å². The number of carbonyl (C=O) groups is 1. The topological polar surface area (TPSA) is 192 Å². The second kappa shape index (κ2) is 23.6. The number of rotatable bonds is 25. The lowest BCUT2D eigenvalue weighted by Crippen LogP contribution is -2.70. The van der Waals surface area contributed by atoms with Crippen LogP contribution < -0.4 is 14.2 Å². The fraction of sp³-hybridized carbons (Fsp3) is 0.489. The van der Waals surface area contributed by atoms with Gasteiger partial charge in [-0.2, -0.15) is 0 Å². The zero-order chi connectivity index (χ0) is 44.6. The molecule has 1 amide bonds. The van der Waals surface area contributed by atoms with E-state index in [-0.39, 0.29) is 81.8 Å². The Kier molecular flexibility index (Phi) is 17.8. The Balaban J connectivity index is 1.49. The molecular weight excluding hydrogens is 831 g/mol. The van der Waals surface area contributed by atoms with E-state index in [0.29, 0.717) is 36.7 Å². The molecular formula is C47H59N3O12S. The lowest BCUT2D eigenvalue weighted by atomic mass is 9.55. The van der Waals surface area contributed by atoms with Crippen molar-refractivity contribution in [2.24, 2.45) is 22.9 Å². The quantitative estimate of drug-likeness (QED) is 0.0249. The van der Waals surface area contributed by atoms with Gasteiger partial charge >= 0.3 is 6.09 Å². The van der Waals surface area contributed by atoms with Gasteiger partial charge in [0.2, 0.25) is 5.79 Å². The maximum atomic E-state index is 14.6. The molecule has 3 aromatic rings. The number of hydrogen-bond donors (Lipinski definition) is 3. The number of unbranched alkanes of at least 4 members (excludes halogenated alkanes) is 2. The van der Waals surface area contributed by atoms with Crippen molar-refractivity contribution in [3.63, 3.8) is 0 Å². The van der Waals surface area contributed by atoms with E-state index in [2.05, 4.69) is 36.0 Å². The number of amides is 1. The first kappa shape index (κ1) is 47.5. The lowest BCUT2D eigenvalue weighted by Gasteiger charge is -2.59. The van der Waals surface area contributed by atoms with Gasteiger partial charge in [0.05, 0.1) is 49.6 Å². The molecule has 15 nitrogen and oxygen atoms in total. The summed E-state index contributed by atoms with van der Waals surface area (Å²) in [5, 5.41) is 45.3. The maximum absolute atomic E-state index is 14.6. The monoisotopic (exact) mass is 889 g/mol. The third-order valence-electron chi connectivity index (χ3n) is 11.8. The van der Waals surface area contributed by atoms with Crippen LogP contribution in [0.25, 0.3) is 0 Å². The number of ether oxygens (including phenoxy) is 5. The van der Waals surface area contributed by atoms with Crippen LogP contribution in [0.4, 0.5) is 10.5 Å². The molecule has 1 aliphatic heterocycles. The van der Waals surface area contributed by atoms with Crippen LogP contribution in [0.3, 0.4) is 0 Å².